The number of hydrogen-bond acceptors (Lipinski definition) is 5. The number of oxazole rings is 1. The Morgan fingerprint density at radius 3 is 2.39 bits per heavy atom. The lowest BCUT2D eigenvalue weighted by atomic mass is 9.94. The molecule has 0 fully saturated rings. The van der Waals surface area contributed by atoms with Gasteiger partial charge in [0, 0.05) is 33.1 Å². The number of sulfonamides is 1. The van der Waals surface area contributed by atoms with Crippen LogP contribution in [0.2, 0.25) is 0 Å². The van der Waals surface area contributed by atoms with E-state index in [0.717, 1.165) is 5.76 Å². The van der Waals surface area contributed by atoms with Crippen LogP contribution in [0.3, 0.4) is 0 Å². The minimum absolute atomic E-state index is 0.104. The molecule has 0 aliphatic carbocycles. The van der Waals surface area contributed by atoms with Crippen molar-refractivity contribution in [3.05, 3.63) is 47.7 Å². The summed E-state index contributed by atoms with van der Waals surface area (Å²) in [5.74, 6) is 1.89. The van der Waals surface area contributed by atoms with Crippen LogP contribution in [-0.4, -0.2) is 44.8 Å². The molecule has 2 rings (SSSR count). The van der Waals surface area contributed by atoms with E-state index >= 15 is 0 Å². The number of nitrogens with zero attached hydrogens (tertiary/aromatic N) is 3. The van der Waals surface area contributed by atoms with E-state index in [2.05, 4.69) is 41.4 Å². The topological polar surface area (TPSA) is 99.8 Å². The summed E-state index contributed by atoms with van der Waals surface area (Å²) in [7, 11) is 1.16. The molecule has 1 aromatic carbocycles. The molecule has 0 bridgehead atoms. The smallest absolute Gasteiger partial charge is 0.242 e. The summed E-state index contributed by atoms with van der Waals surface area (Å²) in [6.45, 7) is 6.86. The summed E-state index contributed by atoms with van der Waals surface area (Å²) in [4.78, 5) is 8.71. The zero-order valence-corrected chi connectivity index (χ0v) is 18.1. The Labute approximate surface area is 167 Å². The number of hydrogen-bond donors (Lipinski definition) is 2. The van der Waals surface area contributed by atoms with Crippen molar-refractivity contribution in [3.8, 4) is 0 Å². The molecular formula is C19H29N5O3S. The van der Waals surface area contributed by atoms with Crippen LogP contribution in [-0.2, 0) is 28.5 Å². The quantitative estimate of drug-likeness (QED) is 0.562. The molecule has 0 saturated heterocycles. The maximum atomic E-state index is 12.5. The van der Waals surface area contributed by atoms with Crippen molar-refractivity contribution >= 4 is 16.0 Å². The van der Waals surface area contributed by atoms with Gasteiger partial charge < -0.3 is 15.1 Å². The van der Waals surface area contributed by atoms with E-state index < -0.39 is 10.0 Å². The molecule has 9 heteroatoms. The van der Waals surface area contributed by atoms with E-state index in [4.69, 9.17) is 4.42 Å². The third-order valence-corrected chi connectivity index (χ3v) is 6.02. The zero-order chi connectivity index (χ0) is 20.9. The van der Waals surface area contributed by atoms with Crippen LogP contribution in [0.5, 0.6) is 0 Å². The van der Waals surface area contributed by atoms with Crippen molar-refractivity contribution in [1.29, 1.82) is 0 Å². The third-order valence-electron chi connectivity index (χ3n) is 4.10. The van der Waals surface area contributed by atoms with Gasteiger partial charge in [-0.1, -0.05) is 39.0 Å². The lowest BCUT2D eigenvalue weighted by Gasteiger charge is -2.16. The summed E-state index contributed by atoms with van der Waals surface area (Å²) < 4.78 is 31.9. The highest BCUT2D eigenvalue weighted by molar-refractivity contribution is 7.89. The van der Waals surface area contributed by atoms with Crippen molar-refractivity contribution < 1.29 is 12.8 Å². The van der Waals surface area contributed by atoms with Gasteiger partial charge in [-0.25, -0.2) is 17.7 Å². The Bertz CT molecular complexity index is 927. The van der Waals surface area contributed by atoms with Crippen LogP contribution in [0, 0.1) is 0 Å². The summed E-state index contributed by atoms with van der Waals surface area (Å²) in [6.07, 6.45) is 1.73. The fourth-order valence-electron chi connectivity index (χ4n) is 2.40. The Balaban J connectivity index is 2.03. The summed E-state index contributed by atoms with van der Waals surface area (Å²) in [5, 5.41) is 6.26. The molecule has 2 aromatic rings. The first-order valence-electron chi connectivity index (χ1n) is 8.96. The average molecular weight is 408 g/mol. The Morgan fingerprint density at radius 2 is 1.82 bits per heavy atom. The van der Waals surface area contributed by atoms with Gasteiger partial charge in [0.15, 0.2) is 5.96 Å². The van der Waals surface area contributed by atoms with Crippen molar-refractivity contribution in [2.45, 2.75) is 44.2 Å². The molecule has 28 heavy (non-hydrogen) atoms. The molecular weight excluding hydrogens is 378 g/mol. The van der Waals surface area contributed by atoms with E-state index in [1.807, 2.05) is 6.07 Å². The third kappa shape index (κ3) is 5.32. The highest BCUT2D eigenvalue weighted by Gasteiger charge is 2.21. The molecule has 0 spiro atoms. The Morgan fingerprint density at radius 1 is 1.18 bits per heavy atom. The van der Waals surface area contributed by atoms with Crippen molar-refractivity contribution in [2.75, 3.05) is 21.1 Å². The summed E-state index contributed by atoms with van der Waals surface area (Å²) in [5.41, 5.74) is 0.553. The van der Waals surface area contributed by atoms with Gasteiger partial charge in [0.25, 0.3) is 0 Å². The summed E-state index contributed by atoms with van der Waals surface area (Å²) in [6, 6.07) is 6.90. The van der Waals surface area contributed by atoms with Gasteiger partial charge >= 0.3 is 0 Å². The molecule has 0 unspecified atom stereocenters. The van der Waals surface area contributed by atoms with Crippen LogP contribution in [0.4, 0.5) is 0 Å². The van der Waals surface area contributed by atoms with Crippen LogP contribution < -0.4 is 10.6 Å². The Hall–Kier alpha value is -2.39. The minimum atomic E-state index is -3.52. The van der Waals surface area contributed by atoms with E-state index in [1.165, 1.54) is 18.4 Å². The first-order valence-corrected chi connectivity index (χ1v) is 10.4. The van der Waals surface area contributed by atoms with Gasteiger partial charge in [0.2, 0.25) is 15.9 Å². The maximum Gasteiger partial charge on any atom is 0.242 e. The standard InChI is InChI=1S/C19H29N5O3S/c1-19(2,3)16-12-21-17(27-16)13-23-18(20-4)22-11-14-9-7-8-10-15(14)28(25,26)24(5)6/h7-10,12H,11,13H2,1-6H3,(H2,20,22,23). The van der Waals surface area contributed by atoms with Crippen molar-refractivity contribution in [2.24, 2.45) is 4.99 Å². The predicted octanol–water partition coefficient (Wildman–Crippen LogP) is 2.09. The second-order valence-corrected chi connectivity index (χ2v) is 9.66. The van der Waals surface area contributed by atoms with Gasteiger partial charge in [0.1, 0.15) is 5.76 Å². The molecule has 0 radical (unpaired) electrons. The monoisotopic (exact) mass is 407 g/mol. The van der Waals surface area contributed by atoms with Crippen LogP contribution in [0.15, 0.2) is 44.8 Å². The van der Waals surface area contributed by atoms with Gasteiger partial charge in [-0.15, -0.1) is 0 Å². The molecule has 154 valence electrons. The van der Waals surface area contributed by atoms with Gasteiger partial charge in [0.05, 0.1) is 17.6 Å². The molecule has 1 heterocycles. The zero-order valence-electron chi connectivity index (χ0n) is 17.3. The second kappa shape index (κ2) is 8.74. The highest BCUT2D eigenvalue weighted by atomic mass is 32.2. The normalized spacial score (nSPS) is 13.0. The number of guanidine groups is 1. The average Bonchev–Trinajstić information content (AvgIpc) is 3.11. The predicted molar refractivity (Wildman–Crippen MR) is 110 cm³/mol. The molecule has 0 aliphatic heterocycles. The lowest BCUT2D eigenvalue weighted by Crippen LogP contribution is -2.37. The van der Waals surface area contributed by atoms with Crippen LogP contribution in [0.1, 0.15) is 38.0 Å². The summed E-state index contributed by atoms with van der Waals surface area (Å²) >= 11 is 0. The molecule has 0 atom stereocenters. The van der Waals surface area contributed by atoms with Crippen LogP contribution in [0.25, 0.3) is 0 Å². The Kier molecular flexibility index (Phi) is 6.84. The van der Waals surface area contributed by atoms with E-state index in [1.54, 1.807) is 31.4 Å². The minimum Gasteiger partial charge on any atom is -0.443 e. The molecule has 2 N–H and O–H groups in total. The maximum absolute atomic E-state index is 12.5. The molecule has 8 nitrogen and oxygen atoms in total. The van der Waals surface area contributed by atoms with E-state index in [9.17, 15) is 8.42 Å². The molecule has 0 saturated carbocycles. The largest absolute Gasteiger partial charge is 0.443 e. The van der Waals surface area contributed by atoms with Crippen molar-refractivity contribution in [3.63, 3.8) is 0 Å². The first-order chi connectivity index (χ1) is 13.1. The van der Waals surface area contributed by atoms with Gasteiger partial charge in [-0.05, 0) is 11.6 Å². The van der Waals surface area contributed by atoms with E-state index in [-0.39, 0.29) is 10.3 Å². The molecule has 0 aliphatic rings. The van der Waals surface area contributed by atoms with Crippen LogP contribution >= 0.6 is 0 Å². The molecule has 1 aromatic heterocycles. The lowest BCUT2D eigenvalue weighted by molar-refractivity contribution is 0.379. The second-order valence-electron chi connectivity index (χ2n) is 7.54. The van der Waals surface area contributed by atoms with E-state index in [0.29, 0.717) is 30.5 Å². The number of rotatable bonds is 6. The number of aliphatic imine (C=N–C) groups is 1. The van der Waals surface area contributed by atoms with Crippen molar-refractivity contribution in [1.82, 2.24) is 19.9 Å². The number of nitrogens with one attached hydrogen (secondary N) is 2. The fourth-order valence-corrected chi connectivity index (χ4v) is 3.51. The number of benzene rings is 1. The number of aromatic nitrogens is 1. The van der Waals surface area contributed by atoms with Gasteiger partial charge in [-0.2, -0.15) is 0 Å². The molecule has 0 amide bonds. The fraction of sp³-hybridized carbons (Fsp3) is 0.474. The highest BCUT2D eigenvalue weighted by Crippen LogP contribution is 2.22. The van der Waals surface area contributed by atoms with Gasteiger partial charge in [-0.3, -0.25) is 4.99 Å². The first kappa shape index (κ1) is 21.9. The SMILES string of the molecule is CN=C(NCc1ncc(C(C)(C)C)o1)NCc1ccccc1S(=O)(=O)N(C)C.